The number of pyridine rings is 1. The van der Waals surface area contributed by atoms with Gasteiger partial charge in [0.25, 0.3) is 0 Å². The minimum absolute atomic E-state index is 0.0280. The van der Waals surface area contributed by atoms with Crippen molar-refractivity contribution in [3.63, 3.8) is 0 Å². The van der Waals surface area contributed by atoms with Crippen LogP contribution in [-0.4, -0.2) is 10.9 Å². The Balaban J connectivity index is 2.09. The van der Waals surface area contributed by atoms with Gasteiger partial charge in [0.2, 0.25) is 0 Å². The van der Waals surface area contributed by atoms with Crippen LogP contribution < -0.4 is 4.74 Å². The molecule has 108 valence electrons. The molecule has 0 saturated heterocycles. The number of halogens is 3. The number of hydrogen-bond acceptors (Lipinski definition) is 2. The molecule has 1 aromatic heterocycles. The van der Waals surface area contributed by atoms with Gasteiger partial charge in [0.1, 0.15) is 12.4 Å². The Kier molecular flexibility index (Phi) is 5.53. The minimum Gasteiger partial charge on any atom is -0.486 e. The van der Waals surface area contributed by atoms with Crippen molar-refractivity contribution in [1.82, 2.24) is 4.98 Å². The third kappa shape index (κ3) is 4.73. The van der Waals surface area contributed by atoms with Crippen molar-refractivity contribution in [3.8, 4) is 17.6 Å². The van der Waals surface area contributed by atoms with Gasteiger partial charge in [-0.25, -0.2) is 8.78 Å². The quantitative estimate of drug-likeness (QED) is 0.631. The molecule has 0 radical (unpaired) electrons. The van der Waals surface area contributed by atoms with Crippen molar-refractivity contribution in [3.05, 3.63) is 59.4 Å². The normalized spacial score (nSPS) is 9.86. The van der Waals surface area contributed by atoms with E-state index in [0.29, 0.717) is 23.4 Å². The molecule has 5 heteroatoms. The first-order valence-electron chi connectivity index (χ1n) is 6.25. The summed E-state index contributed by atoms with van der Waals surface area (Å²) in [6.45, 7) is 0.0280. The van der Waals surface area contributed by atoms with E-state index in [2.05, 4.69) is 16.8 Å². The number of nitrogens with zero attached hydrogens (tertiary/aromatic N) is 1. The molecule has 0 aliphatic rings. The Morgan fingerprint density at radius 1 is 1.19 bits per heavy atom. The molecule has 0 aliphatic heterocycles. The molecule has 1 heterocycles. The van der Waals surface area contributed by atoms with Crippen LogP contribution in [0.15, 0.2) is 36.7 Å². The monoisotopic (exact) mass is 307 g/mol. The number of benzene rings is 1. The van der Waals surface area contributed by atoms with Crippen molar-refractivity contribution < 1.29 is 13.5 Å². The van der Waals surface area contributed by atoms with Gasteiger partial charge in [-0.15, -0.1) is 11.6 Å². The maximum atomic E-state index is 13.7. The van der Waals surface area contributed by atoms with Gasteiger partial charge in [0.05, 0.1) is 6.20 Å². The molecule has 0 aliphatic carbocycles. The van der Waals surface area contributed by atoms with Crippen LogP contribution in [-0.2, 0) is 6.61 Å². The lowest BCUT2D eigenvalue weighted by Gasteiger charge is -2.07. The van der Waals surface area contributed by atoms with Gasteiger partial charge in [-0.1, -0.05) is 11.8 Å². The van der Waals surface area contributed by atoms with Crippen LogP contribution >= 0.6 is 11.6 Å². The van der Waals surface area contributed by atoms with Gasteiger partial charge >= 0.3 is 0 Å². The summed E-state index contributed by atoms with van der Waals surface area (Å²) in [5.41, 5.74) is 1.15. The lowest BCUT2D eigenvalue weighted by atomic mass is 10.2. The van der Waals surface area contributed by atoms with Crippen molar-refractivity contribution in [2.24, 2.45) is 0 Å². The lowest BCUT2D eigenvalue weighted by Crippen LogP contribution is -1.99. The Morgan fingerprint density at radius 3 is 2.81 bits per heavy atom. The molecule has 2 aromatic rings. The van der Waals surface area contributed by atoms with E-state index < -0.39 is 11.6 Å². The maximum absolute atomic E-state index is 13.7. The van der Waals surface area contributed by atoms with E-state index in [0.717, 1.165) is 6.20 Å². The zero-order chi connectivity index (χ0) is 15.1. The van der Waals surface area contributed by atoms with Crippen LogP contribution in [0, 0.1) is 23.5 Å². The molecule has 0 amide bonds. The van der Waals surface area contributed by atoms with E-state index in [1.807, 2.05) is 0 Å². The highest BCUT2D eigenvalue weighted by Crippen LogP contribution is 2.19. The highest BCUT2D eigenvalue weighted by atomic mass is 35.5. The Morgan fingerprint density at radius 2 is 2.05 bits per heavy atom. The number of aromatic nitrogens is 1. The maximum Gasteiger partial charge on any atom is 0.165 e. The summed E-state index contributed by atoms with van der Waals surface area (Å²) in [6.07, 6.45) is 3.12. The van der Waals surface area contributed by atoms with Crippen LogP contribution in [0.4, 0.5) is 8.78 Å². The van der Waals surface area contributed by atoms with Crippen molar-refractivity contribution in [1.29, 1.82) is 0 Å². The summed E-state index contributed by atoms with van der Waals surface area (Å²) in [7, 11) is 0. The zero-order valence-corrected chi connectivity index (χ0v) is 11.8. The smallest absolute Gasteiger partial charge is 0.165 e. The van der Waals surface area contributed by atoms with Crippen LogP contribution in [0.2, 0.25) is 0 Å². The summed E-state index contributed by atoms with van der Waals surface area (Å²) in [5, 5.41) is 0. The van der Waals surface area contributed by atoms with E-state index in [1.165, 1.54) is 24.4 Å². The second-order valence-electron chi connectivity index (χ2n) is 4.19. The molecular weight excluding hydrogens is 296 g/mol. The van der Waals surface area contributed by atoms with Crippen LogP contribution in [0.3, 0.4) is 0 Å². The van der Waals surface area contributed by atoms with Crippen LogP contribution in [0.5, 0.6) is 5.75 Å². The summed E-state index contributed by atoms with van der Waals surface area (Å²) >= 11 is 5.53. The van der Waals surface area contributed by atoms with Gasteiger partial charge in [-0.05, 0) is 24.3 Å². The first-order valence-corrected chi connectivity index (χ1v) is 6.79. The fourth-order valence-electron chi connectivity index (χ4n) is 1.60. The first kappa shape index (κ1) is 15.3. The first-order chi connectivity index (χ1) is 10.2. The van der Waals surface area contributed by atoms with Gasteiger partial charge in [0, 0.05) is 29.6 Å². The van der Waals surface area contributed by atoms with E-state index in [9.17, 15) is 8.78 Å². The molecule has 2 nitrogen and oxygen atoms in total. The topological polar surface area (TPSA) is 22.1 Å². The number of rotatable bonds is 4. The minimum atomic E-state index is -0.498. The van der Waals surface area contributed by atoms with Crippen molar-refractivity contribution >= 4 is 11.6 Å². The molecular formula is C16H12ClF2NO. The summed E-state index contributed by atoms with van der Waals surface area (Å²) < 4.78 is 32.0. The van der Waals surface area contributed by atoms with E-state index >= 15 is 0 Å². The van der Waals surface area contributed by atoms with Gasteiger partial charge in [-0.2, -0.15) is 0 Å². The van der Waals surface area contributed by atoms with Crippen LogP contribution in [0.25, 0.3) is 0 Å². The molecule has 0 saturated carbocycles. The van der Waals surface area contributed by atoms with E-state index in [4.69, 9.17) is 16.3 Å². The summed E-state index contributed by atoms with van der Waals surface area (Å²) in [4.78, 5) is 3.70. The molecule has 0 spiro atoms. The predicted molar refractivity (Wildman–Crippen MR) is 77.1 cm³/mol. The average Bonchev–Trinajstić information content (AvgIpc) is 2.48. The number of alkyl halides is 1. The molecule has 0 unspecified atom stereocenters. The van der Waals surface area contributed by atoms with E-state index in [-0.39, 0.29) is 12.4 Å². The van der Waals surface area contributed by atoms with Gasteiger partial charge in [-0.3, -0.25) is 4.98 Å². The fourth-order valence-corrected chi connectivity index (χ4v) is 1.69. The lowest BCUT2D eigenvalue weighted by molar-refractivity contribution is 0.289. The van der Waals surface area contributed by atoms with Gasteiger partial charge in [0.15, 0.2) is 11.6 Å². The predicted octanol–water partition coefficient (Wildman–Crippen LogP) is 3.92. The third-order valence-electron chi connectivity index (χ3n) is 2.54. The number of ether oxygens (including phenoxy) is 1. The fraction of sp³-hybridized carbons (Fsp3) is 0.188. The molecule has 0 fully saturated rings. The largest absolute Gasteiger partial charge is 0.486 e. The highest BCUT2D eigenvalue weighted by Gasteiger charge is 2.05. The Bertz CT molecular complexity index is 679. The Hall–Kier alpha value is -2.12. The number of hydrogen-bond donors (Lipinski definition) is 0. The molecule has 0 atom stereocenters. The Labute approximate surface area is 126 Å². The third-order valence-corrected chi connectivity index (χ3v) is 2.73. The van der Waals surface area contributed by atoms with Crippen LogP contribution in [0.1, 0.15) is 17.5 Å². The highest BCUT2D eigenvalue weighted by molar-refractivity contribution is 6.18. The van der Waals surface area contributed by atoms with Crippen molar-refractivity contribution in [2.75, 3.05) is 5.88 Å². The molecule has 1 aromatic carbocycles. The molecule has 2 rings (SSSR count). The zero-order valence-electron chi connectivity index (χ0n) is 11.1. The summed E-state index contributed by atoms with van der Waals surface area (Å²) in [6, 6.07) is 5.63. The molecule has 21 heavy (non-hydrogen) atoms. The SMILES string of the molecule is Fc1cncc(COc2cc(C#CCCCl)ccc2F)c1. The second-order valence-corrected chi connectivity index (χ2v) is 4.56. The van der Waals surface area contributed by atoms with Gasteiger partial charge < -0.3 is 4.74 Å². The van der Waals surface area contributed by atoms with Crippen molar-refractivity contribution in [2.45, 2.75) is 13.0 Å². The standard InChI is InChI=1S/C16H12ClF2NO/c17-6-2-1-3-12-4-5-15(19)16(8-12)21-11-13-7-14(18)10-20-9-13/h4-5,7-10H,2,6,11H2. The summed E-state index contributed by atoms with van der Waals surface area (Å²) in [5.74, 6) is 5.28. The second kappa shape index (κ2) is 7.61. The molecule has 0 N–H and O–H groups in total. The van der Waals surface area contributed by atoms with E-state index in [1.54, 1.807) is 6.07 Å². The molecule has 0 bridgehead atoms. The average molecular weight is 308 g/mol.